The molecule has 3 heterocycles. The van der Waals surface area contributed by atoms with Crippen molar-refractivity contribution in [3.05, 3.63) is 112 Å². The second kappa shape index (κ2) is 19.1. The molecule has 0 saturated heterocycles. The fourth-order valence-corrected chi connectivity index (χ4v) is 6.67. The highest BCUT2D eigenvalue weighted by Crippen LogP contribution is 2.41. The number of aromatic nitrogens is 5. The first-order chi connectivity index (χ1) is 27.4. The third-order valence-electron chi connectivity index (χ3n) is 8.93. The van der Waals surface area contributed by atoms with Gasteiger partial charge in [0.15, 0.2) is 0 Å². The molecule has 0 radical (unpaired) electrons. The van der Waals surface area contributed by atoms with Gasteiger partial charge < -0.3 is 36.6 Å². The minimum Gasteiger partial charge on any atom is -1.00 e. The number of ether oxygens (including phenoxy) is 3. The van der Waals surface area contributed by atoms with Crippen LogP contribution < -0.4 is 21.9 Å². The maximum atomic E-state index is 15.4. The molecular weight excluding hydrogens is 810 g/mol. The average molecular weight is 853 g/mol. The molecular formula is C40H43ClF2N8O7S. The van der Waals surface area contributed by atoms with E-state index < -0.39 is 53.1 Å². The van der Waals surface area contributed by atoms with Crippen molar-refractivity contribution in [1.82, 2.24) is 24.6 Å². The Labute approximate surface area is 349 Å². The number of nitrogens with zero attached hydrogens (tertiary/aromatic N) is 8. The van der Waals surface area contributed by atoms with E-state index in [-0.39, 0.29) is 43.5 Å². The van der Waals surface area contributed by atoms with Crippen LogP contribution in [0.3, 0.4) is 0 Å². The number of hydrogen-bond acceptors (Lipinski definition) is 12. The monoisotopic (exact) mass is 852 g/mol. The largest absolute Gasteiger partial charge is 1.00 e. The van der Waals surface area contributed by atoms with Gasteiger partial charge in [0.25, 0.3) is 6.33 Å². The van der Waals surface area contributed by atoms with Crippen LogP contribution in [0.1, 0.15) is 68.5 Å². The zero-order valence-electron chi connectivity index (χ0n) is 33.3. The van der Waals surface area contributed by atoms with Gasteiger partial charge in [-0.1, -0.05) is 25.1 Å². The zero-order chi connectivity index (χ0) is 42.4. The van der Waals surface area contributed by atoms with Gasteiger partial charge in [-0.05, 0) is 57.2 Å². The molecule has 0 aliphatic heterocycles. The SMILES string of the molecule is CC(OC(=O)N(C)c1ncccc1COC(=O)CN(C)C(=O)OC(C)(C)C)[n+]1cnn(C[C@](O)(c2cc(F)ccc2F)[C@@H](C)c2nc(-c3ccc(C#N)cc3)cs2)c1.[Cl-]. The van der Waals surface area contributed by atoms with Crippen LogP contribution in [0.2, 0.25) is 0 Å². The molecule has 59 heavy (non-hydrogen) atoms. The fraction of sp³-hybridized carbons (Fsp3) is 0.350. The van der Waals surface area contributed by atoms with Crippen LogP contribution in [-0.4, -0.2) is 74.2 Å². The van der Waals surface area contributed by atoms with Gasteiger partial charge in [0, 0.05) is 60.3 Å². The minimum absolute atomic E-state index is 0. The maximum Gasteiger partial charge on any atom is 0.418 e. The highest BCUT2D eigenvalue weighted by Gasteiger charge is 2.43. The van der Waals surface area contributed by atoms with Crippen molar-refractivity contribution in [2.24, 2.45) is 0 Å². The third kappa shape index (κ3) is 11.3. The third-order valence-corrected chi connectivity index (χ3v) is 9.95. The molecule has 1 unspecified atom stereocenters. The van der Waals surface area contributed by atoms with E-state index in [1.807, 2.05) is 0 Å². The van der Waals surface area contributed by atoms with Crippen molar-refractivity contribution in [2.75, 3.05) is 25.5 Å². The Morgan fingerprint density at radius 2 is 1.78 bits per heavy atom. The van der Waals surface area contributed by atoms with E-state index in [0.29, 0.717) is 21.8 Å². The van der Waals surface area contributed by atoms with Crippen molar-refractivity contribution in [2.45, 2.75) is 71.1 Å². The summed E-state index contributed by atoms with van der Waals surface area (Å²) in [5, 5.41) is 28.0. The molecule has 3 atom stereocenters. The van der Waals surface area contributed by atoms with Crippen molar-refractivity contribution in [3.63, 3.8) is 0 Å². The number of carbonyl (C=O) groups excluding carboxylic acids is 3. The van der Waals surface area contributed by atoms with Gasteiger partial charge in [-0.15, -0.1) is 16.0 Å². The number of pyridine rings is 1. The smallest absolute Gasteiger partial charge is 0.418 e. The number of aliphatic hydroxyl groups is 1. The number of halogens is 3. The Kier molecular flexibility index (Phi) is 14.8. The van der Waals surface area contributed by atoms with Crippen LogP contribution in [-0.2, 0) is 37.8 Å². The molecule has 0 fully saturated rings. The maximum absolute atomic E-state index is 15.4. The highest BCUT2D eigenvalue weighted by molar-refractivity contribution is 7.10. The fourth-order valence-electron chi connectivity index (χ4n) is 5.70. The van der Waals surface area contributed by atoms with Crippen molar-refractivity contribution >= 4 is 35.3 Å². The van der Waals surface area contributed by atoms with Crippen LogP contribution in [0.15, 0.2) is 78.8 Å². The summed E-state index contributed by atoms with van der Waals surface area (Å²) in [4.78, 5) is 49.3. The van der Waals surface area contributed by atoms with E-state index >= 15 is 4.39 Å². The Bertz CT molecular complexity index is 2310. The normalized spacial score (nSPS) is 13.2. The second-order valence-electron chi connectivity index (χ2n) is 14.4. The Morgan fingerprint density at radius 3 is 2.46 bits per heavy atom. The summed E-state index contributed by atoms with van der Waals surface area (Å²) in [5.41, 5.74) is -0.932. The summed E-state index contributed by atoms with van der Waals surface area (Å²) in [6, 6.07) is 14.9. The zero-order valence-corrected chi connectivity index (χ0v) is 34.9. The van der Waals surface area contributed by atoms with Crippen LogP contribution in [0.4, 0.5) is 24.2 Å². The molecule has 0 bridgehead atoms. The van der Waals surface area contributed by atoms with Gasteiger partial charge in [0.2, 0.25) is 12.6 Å². The number of thiazole rings is 1. The first kappa shape index (κ1) is 45.7. The van der Waals surface area contributed by atoms with Crippen LogP contribution in [0.25, 0.3) is 11.3 Å². The molecule has 5 aromatic rings. The molecule has 15 nitrogen and oxygen atoms in total. The van der Waals surface area contributed by atoms with Gasteiger partial charge >= 0.3 is 18.2 Å². The van der Waals surface area contributed by atoms with E-state index in [9.17, 15) is 23.9 Å². The number of benzene rings is 2. The number of nitriles is 1. The Balaban J connectivity index is 0.00000769. The van der Waals surface area contributed by atoms with E-state index in [1.54, 1.807) is 76.4 Å². The summed E-state index contributed by atoms with van der Waals surface area (Å²) >= 11 is 1.23. The van der Waals surface area contributed by atoms with Crippen LogP contribution >= 0.6 is 11.3 Å². The molecule has 1 N–H and O–H groups in total. The predicted molar refractivity (Wildman–Crippen MR) is 206 cm³/mol. The number of likely N-dealkylation sites (N-methyl/N-ethyl adjacent to an activating group) is 1. The van der Waals surface area contributed by atoms with Crippen molar-refractivity contribution in [1.29, 1.82) is 5.26 Å². The molecule has 2 amide bonds. The van der Waals surface area contributed by atoms with Gasteiger partial charge in [0.05, 0.1) is 22.3 Å². The number of amides is 2. The number of carbonyl (C=O) groups is 3. The van der Waals surface area contributed by atoms with E-state index in [0.717, 1.165) is 33.6 Å². The summed E-state index contributed by atoms with van der Waals surface area (Å²) in [6.45, 7) is 7.36. The van der Waals surface area contributed by atoms with E-state index in [4.69, 9.17) is 24.5 Å². The number of rotatable bonds is 13. The second-order valence-corrected chi connectivity index (χ2v) is 15.3. The van der Waals surface area contributed by atoms with Crippen molar-refractivity contribution < 1.29 is 59.5 Å². The summed E-state index contributed by atoms with van der Waals surface area (Å²) < 4.78 is 49.0. The van der Waals surface area contributed by atoms with Gasteiger partial charge in [-0.3, -0.25) is 9.69 Å². The molecule has 312 valence electrons. The summed E-state index contributed by atoms with van der Waals surface area (Å²) in [6.07, 6.45) is 1.77. The topological polar surface area (TPSA) is 177 Å². The Hall–Kier alpha value is -6.03. The molecule has 0 aliphatic rings. The predicted octanol–water partition coefficient (Wildman–Crippen LogP) is 3.24. The molecule has 2 aromatic carbocycles. The number of anilines is 1. The molecule has 5 rings (SSSR count). The first-order valence-corrected chi connectivity index (χ1v) is 18.8. The lowest BCUT2D eigenvalue weighted by Gasteiger charge is -2.32. The van der Waals surface area contributed by atoms with Crippen LogP contribution in [0.5, 0.6) is 0 Å². The average Bonchev–Trinajstić information content (AvgIpc) is 3.87. The number of hydrogen-bond donors (Lipinski definition) is 1. The minimum atomic E-state index is -2.07. The highest BCUT2D eigenvalue weighted by atomic mass is 35.5. The van der Waals surface area contributed by atoms with E-state index in [1.165, 1.54) is 53.5 Å². The molecule has 0 aliphatic carbocycles. The molecule has 0 spiro atoms. The van der Waals surface area contributed by atoms with E-state index in [2.05, 4.69) is 16.2 Å². The number of esters is 1. The first-order valence-electron chi connectivity index (χ1n) is 17.9. The summed E-state index contributed by atoms with van der Waals surface area (Å²) in [7, 11) is 2.83. The van der Waals surface area contributed by atoms with Crippen LogP contribution in [0, 0.1) is 23.0 Å². The standard InChI is InChI=1S/C40H43F2N8O7S.ClH/c1-25(36-46-33(21-58-36)28-12-10-27(18-43)11-13-28)40(54,31-17-30(41)14-15-32(31)42)22-50-24-49(23-45-50)26(2)56-38(53)48(7)35-29(9-8-16-44-35)20-55-34(51)19-47(6)37(52)57-39(3,4)5;/h8-17,21,23-26,54H,19-20,22H2,1-7H3;1H/q+1;/p-1/t25-,26?,40+;/m0./s1. The lowest BCUT2D eigenvalue weighted by Crippen LogP contribution is -3.00. The lowest BCUT2D eigenvalue weighted by atomic mass is 9.82. The molecule has 3 aromatic heterocycles. The lowest BCUT2D eigenvalue weighted by molar-refractivity contribution is -0.753. The van der Waals surface area contributed by atoms with Gasteiger partial charge in [-0.25, -0.2) is 28.3 Å². The van der Waals surface area contributed by atoms with Gasteiger partial charge in [0.1, 0.15) is 48.4 Å². The Morgan fingerprint density at radius 1 is 1.07 bits per heavy atom. The quantitative estimate of drug-likeness (QED) is 0.105. The summed E-state index contributed by atoms with van der Waals surface area (Å²) in [5.74, 6) is -3.02. The molecule has 0 saturated carbocycles. The van der Waals surface area contributed by atoms with Crippen molar-refractivity contribution in [3.8, 4) is 17.3 Å². The van der Waals surface area contributed by atoms with Gasteiger partial charge in [-0.2, -0.15) is 9.83 Å². The molecule has 19 heteroatoms.